The number of nitrogens with zero attached hydrogens (tertiary/aromatic N) is 1. The molecule has 1 aromatic heterocycles. The Labute approximate surface area is 109 Å². The van der Waals surface area contributed by atoms with Gasteiger partial charge in [0.15, 0.2) is 0 Å². The maximum absolute atomic E-state index is 5.66. The van der Waals surface area contributed by atoms with E-state index in [1.54, 1.807) is 0 Å². The molecule has 0 unspecified atom stereocenters. The van der Waals surface area contributed by atoms with Crippen LogP contribution in [-0.4, -0.2) is 11.6 Å². The Kier molecular flexibility index (Phi) is 4.77. The first-order chi connectivity index (χ1) is 8.90. The van der Waals surface area contributed by atoms with E-state index in [1.807, 2.05) is 36.4 Å². The second-order valence-electron chi connectivity index (χ2n) is 4.28. The summed E-state index contributed by atoms with van der Waals surface area (Å²) < 4.78 is 5.66. The molecule has 2 rings (SSSR count). The van der Waals surface area contributed by atoms with Gasteiger partial charge in [0.25, 0.3) is 0 Å². The summed E-state index contributed by atoms with van der Waals surface area (Å²) in [6.07, 6.45) is 3.51. The van der Waals surface area contributed by atoms with Gasteiger partial charge in [-0.3, -0.25) is 0 Å². The minimum absolute atomic E-state index is 0.715. The highest BCUT2D eigenvalue weighted by molar-refractivity contribution is 5.59. The monoisotopic (exact) mass is 241 g/mol. The van der Waals surface area contributed by atoms with Crippen LogP contribution >= 0.6 is 0 Å². The van der Waals surface area contributed by atoms with Crippen molar-refractivity contribution in [1.82, 2.24) is 4.98 Å². The number of unbranched alkanes of at least 4 members (excludes halogenated alkanes) is 2. The van der Waals surface area contributed by atoms with Gasteiger partial charge in [-0.25, -0.2) is 4.98 Å². The Balaban J connectivity index is 2.02. The predicted molar refractivity (Wildman–Crippen MR) is 74.7 cm³/mol. The number of pyridine rings is 1. The molecular formula is C16H19NO. The van der Waals surface area contributed by atoms with Gasteiger partial charge < -0.3 is 4.74 Å². The van der Waals surface area contributed by atoms with Crippen LogP contribution in [0.5, 0.6) is 5.88 Å². The number of aromatic nitrogens is 1. The van der Waals surface area contributed by atoms with Gasteiger partial charge in [0.05, 0.1) is 12.3 Å². The van der Waals surface area contributed by atoms with Crippen LogP contribution in [0.4, 0.5) is 0 Å². The van der Waals surface area contributed by atoms with Gasteiger partial charge in [-0.15, -0.1) is 0 Å². The Morgan fingerprint density at radius 2 is 1.78 bits per heavy atom. The molecule has 0 saturated heterocycles. The molecular weight excluding hydrogens is 222 g/mol. The Bertz CT molecular complexity index is 468. The van der Waals surface area contributed by atoms with E-state index < -0.39 is 0 Å². The van der Waals surface area contributed by atoms with Gasteiger partial charge in [0.1, 0.15) is 0 Å². The summed E-state index contributed by atoms with van der Waals surface area (Å²) in [4.78, 5) is 4.52. The van der Waals surface area contributed by atoms with Gasteiger partial charge in [0, 0.05) is 11.6 Å². The van der Waals surface area contributed by atoms with Crippen molar-refractivity contribution in [3.63, 3.8) is 0 Å². The predicted octanol–water partition coefficient (Wildman–Crippen LogP) is 4.32. The zero-order valence-electron chi connectivity index (χ0n) is 10.8. The lowest BCUT2D eigenvalue weighted by molar-refractivity contribution is 0.295. The van der Waals surface area contributed by atoms with Crippen molar-refractivity contribution in [2.45, 2.75) is 26.2 Å². The highest BCUT2D eigenvalue weighted by Gasteiger charge is 2.00. The summed E-state index contributed by atoms with van der Waals surface area (Å²) in [5.74, 6) is 0.715. The third-order valence-corrected chi connectivity index (χ3v) is 2.79. The van der Waals surface area contributed by atoms with E-state index in [2.05, 4.69) is 24.0 Å². The zero-order valence-corrected chi connectivity index (χ0v) is 10.8. The normalized spacial score (nSPS) is 10.3. The molecule has 0 atom stereocenters. The van der Waals surface area contributed by atoms with Crippen molar-refractivity contribution < 1.29 is 4.74 Å². The molecule has 18 heavy (non-hydrogen) atoms. The van der Waals surface area contributed by atoms with Crippen LogP contribution in [0, 0.1) is 0 Å². The van der Waals surface area contributed by atoms with Gasteiger partial charge in [-0.05, 0) is 12.5 Å². The first-order valence-electron chi connectivity index (χ1n) is 6.55. The van der Waals surface area contributed by atoms with Crippen molar-refractivity contribution in [2.24, 2.45) is 0 Å². The first-order valence-corrected chi connectivity index (χ1v) is 6.55. The van der Waals surface area contributed by atoms with Crippen molar-refractivity contribution in [2.75, 3.05) is 6.61 Å². The minimum atomic E-state index is 0.715. The number of hydrogen-bond acceptors (Lipinski definition) is 2. The Morgan fingerprint density at radius 3 is 2.56 bits per heavy atom. The maximum atomic E-state index is 5.66. The lowest BCUT2D eigenvalue weighted by atomic mass is 10.1. The number of benzene rings is 1. The van der Waals surface area contributed by atoms with Gasteiger partial charge in [-0.2, -0.15) is 0 Å². The number of rotatable bonds is 6. The molecule has 94 valence electrons. The van der Waals surface area contributed by atoms with Crippen LogP contribution in [0.2, 0.25) is 0 Å². The molecule has 0 amide bonds. The third kappa shape index (κ3) is 3.59. The van der Waals surface area contributed by atoms with Crippen LogP contribution in [0.3, 0.4) is 0 Å². The van der Waals surface area contributed by atoms with Gasteiger partial charge in [-0.1, -0.05) is 56.2 Å². The fourth-order valence-electron chi connectivity index (χ4n) is 1.79. The molecule has 0 spiro atoms. The molecule has 1 heterocycles. The van der Waals surface area contributed by atoms with Gasteiger partial charge >= 0.3 is 0 Å². The molecule has 1 aromatic carbocycles. The van der Waals surface area contributed by atoms with E-state index in [0.717, 1.165) is 24.3 Å². The topological polar surface area (TPSA) is 22.1 Å². The molecule has 0 aliphatic rings. The highest BCUT2D eigenvalue weighted by atomic mass is 16.5. The Hall–Kier alpha value is -1.83. The van der Waals surface area contributed by atoms with Crippen molar-refractivity contribution in [3.05, 3.63) is 48.5 Å². The van der Waals surface area contributed by atoms with E-state index in [-0.39, 0.29) is 0 Å². The van der Waals surface area contributed by atoms with E-state index in [9.17, 15) is 0 Å². The van der Waals surface area contributed by atoms with E-state index in [0.29, 0.717) is 5.88 Å². The maximum Gasteiger partial charge on any atom is 0.213 e. The lowest BCUT2D eigenvalue weighted by Crippen LogP contribution is -1.99. The van der Waals surface area contributed by atoms with Crippen molar-refractivity contribution in [3.8, 4) is 17.1 Å². The molecule has 0 bridgehead atoms. The molecule has 2 nitrogen and oxygen atoms in total. The average Bonchev–Trinajstić information content (AvgIpc) is 2.45. The van der Waals surface area contributed by atoms with Crippen LogP contribution < -0.4 is 4.74 Å². The summed E-state index contributed by atoms with van der Waals surface area (Å²) in [7, 11) is 0. The summed E-state index contributed by atoms with van der Waals surface area (Å²) >= 11 is 0. The van der Waals surface area contributed by atoms with Crippen LogP contribution in [0.1, 0.15) is 26.2 Å². The van der Waals surface area contributed by atoms with Crippen molar-refractivity contribution >= 4 is 0 Å². The molecule has 0 saturated carbocycles. The summed E-state index contributed by atoms with van der Waals surface area (Å²) in [5, 5.41) is 0. The molecule has 2 heteroatoms. The number of ether oxygens (including phenoxy) is 1. The van der Waals surface area contributed by atoms with Gasteiger partial charge in [0.2, 0.25) is 5.88 Å². The number of hydrogen-bond donors (Lipinski definition) is 0. The summed E-state index contributed by atoms with van der Waals surface area (Å²) in [6.45, 7) is 2.94. The quantitative estimate of drug-likeness (QED) is 0.703. The van der Waals surface area contributed by atoms with E-state index >= 15 is 0 Å². The molecule has 0 fully saturated rings. The fraction of sp³-hybridized carbons (Fsp3) is 0.312. The largest absolute Gasteiger partial charge is 0.478 e. The van der Waals surface area contributed by atoms with Crippen molar-refractivity contribution in [1.29, 1.82) is 0 Å². The fourth-order valence-corrected chi connectivity index (χ4v) is 1.79. The summed E-state index contributed by atoms with van der Waals surface area (Å²) in [6, 6.07) is 16.1. The first kappa shape index (κ1) is 12.6. The lowest BCUT2D eigenvalue weighted by Gasteiger charge is -2.06. The SMILES string of the molecule is CCCCCOc1cccc(-c2ccccc2)n1. The van der Waals surface area contributed by atoms with Crippen LogP contribution in [-0.2, 0) is 0 Å². The third-order valence-electron chi connectivity index (χ3n) is 2.79. The highest BCUT2D eigenvalue weighted by Crippen LogP contribution is 2.19. The molecule has 0 N–H and O–H groups in total. The molecule has 0 aliphatic heterocycles. The zero-order chi connectivity index (χ0) is 12.6. The van der Waals surface area contributed by atoms with Crippen LogP contribution in [0.25, 0.3) is 11.3 Å². The Morgan fingerprint density at radius 1 is 0.944 bits per heavy atom. The van der Waals surface area contributed by atoms with Crippen LogP contribution in [0.15, 0.2) is 48.5 Å². The second-order valence-corrected chi connectivity index (χ2v) is 4.28. The van der Waals surface area contributed by atoms with E-state index in [4.69, 9.17) is 4.74 Å². The molecule has 0 aliphatic carbocycles. The minimum Gasteiger partial charge on any atom is -0.478 e. The van der Waals surface area contributed by atoms with E-state index in [1.165, 1.54) is 12.8 Å². The molecule has 2 aromatic rings. The standard InChI is InChI=1S/C16H19NO/c1-2-3-7-13-18-16-12-8-11-15(17-16)14-9-5-4-6-10-14/h4-6,8-12H,2-3,7,13H2,1H3. The molecule has 0 radical (unpaired) electrons. The smallest absolute Gasteiger partial charge is 0.213 e. The average molecular weight is 241 g/mol. The second kappa shape index (κ2) is 6.80. The summed E-state index contributed by atoms with van der Waals surface area (Å²) in [5.41, 5.74) is 2.08.